The zero-order valence-corrected chi connectivity index (χ0v) is 8.76. The maximum absolute atomic E-state index is 13.1. The van der Waals surface area contributed by atoms with Crippen molar-refractivity contribution in [2.24, 2.45) is 0 Å². The van der Waals surface area contributed by atoms with E-state index in [2.05, 4.69) is 9.97 Å². The fourth-order valence-electron chi connectivity index (χ4n) is 1.52. The molecular weight excluding hydrogens is 207 g/mol. The molecule has 16 heavy (non-hydrogen) atoms. The first-order valence-corrected chi connectivity index (χ1v) is 4.88. The molecule has 3 nitrogen and oxygen atoms in total. The molecule has 1 aromatic heterocycles. The van der Waals surface area contributed by atoms with E-state index >= 15 is 0 Å². The van der Waals surface area contributed by atoms with Crippen LogP contribution in [0.1, 0.15) is 22.9 Å². The Hall–Kier alpha value is -1.81. The number of aliphatic hydroxyl groups is 1. The summed E-state index contributed by atoms with van der Waals surface area (Å²) in [4.78, 5) is 7.86. The van der Waals surface area contributed by atoms with Gasteiger partial charge < -0.3 is 5.11 Å². The van der Waals surface area contributed by atoms with Crippen LogP contribution in [0.25, 0.3) is 0 Å². The highest BCUT2D eigenvalue weighted by molar-refractivity contribution is 5.32. The van der Waals surface area contributed by atoms with Gasteiger partial charge in [-0.2, -0.15) is 0 Å². The number of halogens is 1. The van der Waals surface area contributed by atoms with Crippen molar-refractivity contribution in [1.82, 2.24) is 9.97 Å². The van der Waals surface area contributed by atoms with E-state index in [0.717, 1.165) is 5.56 Å². The highest BCUT2D eigenvalue weighted by Crippen LogP contribution is 2.23. The van der Waals surface area contributed by atoms with Crippen LogP contribution >= 0.6 is 0 Å². The molecule has 1 heterocycles. The molecule has 0 bridgehead atoms. The van der Waals surface area contributed by atoms with Crippen LogP contribution in [0, 0.1) is 12.7 Å². The summed E-state index contributed by atoms with van der Waals surface area (Å²) in [5, 5.41) is 10.0. The van der Waals surface area contributed by atoms with Gasteiger partial charge in [-0.1, -0.05) is 6.07 Å². The molecule has 0 saturated carbocycles. The molecule has 4 heteroatoms. The van der Waals surface area contributed by atoms with Gasteiger partial charge in [-0.15, -0.1) is 0 Å². The third-order valence-corrected chi connectivity index (χ3v) is 2.40. The Bertz CT molecular complexity index is 488. The average Bonchev–Trinajstić information content (AvgIpc) is 2.32. The number of benzene rings is 1. The molecule has 1 atom stereocenters. The van der Waals surface area contributed by atoms with E-state index in [9.17, 15) is 9.50 Å². The first-order chi connectivity index (χ1) is 7.68. The topological polar surface area (TPSA) is 46.0 Å². The number of hydrogen-bond acceptors (Lipinski definition) is 3. The van der Waals surface area contributed by atoms with Crippen molar-refractivity contribution in [2.75, 3.05) is 0 Å². The average molecular weight is 218 g/mol. The second-order valence-corrected chi connectivity index (χ2v) is 3.53. The highest BCUT2D eigenvalue weighted by atomic mass is 19.1. The van der Waals surface area contributed by atoms with Crippen LogP contribution in [0.5, 0.6) is 0 Å². The molecule has 82 valence electrons. The van der Waals surface area contributed by atoms with Gasteiger partial charge in [0.05, 0.1) is 11.9 Å². The Morgan fingerprint density at radius 2 is 2.12 bits per heavy atom. The number of rotatable bonds is 2. The first-order valence-electron chi connectivity index (χ1n) is 4.88. The lowest BCUT2D eigenvalue weighted by molar-refractivity contribution is 0.213. The SMILES string of the molecule is Cc1ccc(F)cc1C(O)c1cnccn1. The van der Waals surface area contributed by atoms with Gasteiger partial charge in [0.1, 0.15) is 11.9 Å². The molecular formula is C12H11FN2O. The number of hydrogen-bond donors (Lipinski definition) is 1. The summed E-state index contributed by atoms with van der Waals surface area (Å²) in [6.45, 7) is 1.81. The van der Waals surface area contributed by atoms with Crippen molar-refractivity contribution in [3.05, 3.63) is 59.4 Å². The van der Waals surface area contributed by atoms with E-state index in [1.54, 1.807) is 6.07 Å². The lowest BCUT2D eigenvalue weighted by Gasteiger charge is -2.12. The quantitative estimate of drug-likeness (QED) is 0.838. The van der Waals surface area contributed by atoms with Gasteiger partial charge in [-0.05, 0) is 30.2 Å². The fourth-order valence-corrected chi connectivity index (χ4v) is 1.52. The number of nitrogens with zero attached hydrogens (tertiary/aromatic N) is 2. The van der Waals surface area contributed by atoms with Gasteiger partial charge in [0, 0.05) is 12.4 Å². The Labute approximate surface area is 92.6 Å². The van der Waals surface area contributed by atoms with E-state index in [-0.39, 0.29) is 5.82 Å². The maximum Gasteiger partial charge on any atom is 0.123 e. The Balaban J connectivity index is 2.41. The minimum absolute atomic E-state index is 0.372. The standard InChI is InChI=1S/C12H11FN2O/c1-8-2-3-9(13)6-10(8)12(16)11-7-14-4-5-15-11/h2-7,12,16H,1H3. The van der Waals surface area contributed by atoms with Crippen molar-refractivity contribution >= 4 is 0 Å². The van der Waals surface area contributed by atoms with Gasteiger partial charge >= 0.3 is 0 Å². The van der Waals surface area contributed by atoms with Crippen LogP contribution in [-0.2, 0) is 0 Å². The molecule has 0 amide bonds. The number of aliphatic hydroxyl groups excluding tert-OH is 1. The van der Waals surface area contributed by atoms with E-state index < -0.39 is 6.10 Å². The Kier molecular flexibility index (Phi) is 2.92. The summed E-state index contributed by atoms with van der Waals surface area (Å²) in [6.07, 6.45) is 3.54. The van der Waals surface area contributed by atoms with E-state index in [1.807, 2.05) is 6.92 Å². The number of aromatic nitrogens is 2. The fraction of sp³-hybridized carbons (Fsp3) is 0.167. The maximum atomic E-state index is 13.1. The van der Waals surface area contributed by atoms with Crippen molar-refractivity contribution in [3.8, 4) is 0 Å². The highest BCUT2D eigenvalue weighted by Gasteiger charge is 2.14. The molecule has 0 aliphatic rings. The normalized spacial score (nSPS) is 12.4. The first kappa shape index (κ1) is 10.7. The predicted octanol–water partition coefficient (Wildman–Crippen LogP) is 2.01. The lowest BCUT2D eigenvalue weighted by atomic mass is 10.0. The van der Waals surface area contributed by atoms with Crippen LogP contribution in [0.2, 0.25) is 0 Å². The molecule has 0 saturated heterocycles. The predicted molar refractivity (Wildman–Crippen MR) is 57.2 cm³/mol. The summed E-state index contributed by atoms with van der Waals surface area (Å²) in [5.41, 5.74) is 1.75. The van der Waals surface area contributed by atoms with Crippen molar-refractivity contribution < 1.29 is 9.50 Å². The Morgan fingerprint density at radius 3 is 2.81 bits per heavy atom. The number of aryl methyl sites for hydroxylation is 1. The van der Waals surface area contributed by atoms with Crippen LogP contribution in [0.4, 0.5) is 4.39 Å². The third kappa shape index (κ3) is 2.06. The van der Waals surface area contributed by atoms with Crippen molar-refractivity contribution in [1.29, 1.82) is 0 Å². The lowest BCUT2D eigenvalue weighted by Crippen LogP contribution is -2.05. The van der Waals surface area contributed by atoms with Gasteiger partial charge in [0.2, 0.25) is 0 Å². The van der Waals surface area contributed by atoms with Crippen LogP contribution in [0.3, 0.4) is 0 Å². The van der Waals surface area contributed by atoms with Crippen molar-refractivity contribution in [3.63, 3.8) is 0 Å². The summed E-state index contributed by atoms with van der Waals surface area (Å²) in [6, 6.07) is 4.31. The summed E-state index contributed by atoms with van der Waals surface area (Å²) >= 11 is 0. The van der Waals surface area contributed by atoms with Crippen molar-refractivity contribution in [2.45, 2.75) is 13.0 Å². The summed E-state index contributed by atoms with van der Waals surface area (Å²) in [5.74, 6) is -0.372. The zero-order valence-electron chi connectivity index (χ0n) is 8.76. The van der Waals surface area contributed by atoms with Gasteiger partial charge in [-0.3, -0.25) is 9.97 Å². The molecule has 0 aliphatic carbocycles. The smallest absolute Gasteiger partial charge is 0.123 e. The minimum Gasteiger partial charge on any atom is -0.382 e. The molecule has 0 aliphatic heterocycles. The molecule has 0 spiro atoms. The zero-order chi connectivity index (χ0) is 11.5. The second kappa shape index (κ2) is 4.37. The van der Waals surface area contributed by atoms with Gasteiger partial charge in [0.25, 0.3) is 0 Å². The van der Waals surface area contributed by atoms with Crippen LogP contribution < -0.4 is 0 Å². The summed E-state index contributed by atoms with van der Waals surface area (Å²) in [7, 11) is 0. The Morgan fingerprint density at radius 1 is 1.31 bits per heavy atom. The second-order valence-electron chi connectivity index (χ2n) is 3.53. The van der Waals surface area contributed by atoms with E-state index in [0.29, 0.717) is 11.3 Å². The minimum atomic E-state index is -0.940. The molecule has 0 radical (unpaired) electrons. The van der Waals surface area contributed by atoms with Gasteiger partial charge in [0.15, 0.2) is 0 Å². The largest absolute Gasteiger partial charge is 0.382 e. The molecule has 0 fully saturated rings. The monoisotopic (exact) mass is 218 g/mol. The molecule has 1 unspecified atom stereocenters. The third-order valence-electron chi connectivity index (χ3n) is 2.40. The summed E-state index contributed by atoms with van der Waals surface area (Å²) < 4.78 is 13.1. The van der Waals surface area contributed by atoms with Crippen LogP contribution in [-0.4, -0.2) is 15.1 Å². The van der Waals surface area contributed by atoms with Crippen LogP contribution in [0.15, 0.2) is 36.8 Å². The van der Waals surface area contributed by atoms with E-state index in [4.69, 9.17) is 0 Å². The molecule has 2 rings (SSSR count). The molecule has 1 N–H and O–H groups in total. The van der Waals surface area contributed by atoms with Gasteiger partial charge in [-0.25, -0.2) is 4.39 Å². The molecule has 1 aromatic carbocycles. The molecule has 2 aromatic rings. The van der Waals surface area contributed by atoms with E-state index in [1.165, 1.54) is 30.7 Å².